The van der Waals surface area contributed by atoms with Crippen LogP contribution < -0.4 is 16.6 Å². The van der Waals surface area contributed by atoms with Crippen LogP contribution in [0.1, 0.15) is 34.3 Å². The number of carboxylic acids is 1. The van der Waals surface area contributed by atoms with Crippen molar-refractivity contribution >= 4 is 64.4 Å². The van der Waals surface area contributed by atoms with Crippen molar-refractivity contribution in [2.45, 2.75) is 31.7 Å². The van der Waals surface area contributed by atoms with Crippen molar-refractivity contribution in [3.63, 3.8) is 0 Å². The number of amides is 1. The molecular formula is C21H23N5NaO6. The number of aliphatic carboxylic acids is 1. The topological polar surface area (TPSA) is 180 Å². The zero-order valence-corrected chi connectivity index (χ0v) is 20.3. The van der Waals surface area contributed by atoms with E-state index in [1.807, 2.05) is 0 Å². The summed E-state index contributed by atoms with van der Waals surface area (Å²) in [6.45, 7) is 0. The molecule has 11 nitrogen and oxygen atoms in total. The first kappa shape index (κ1) is 26.1. The molecule has 0 fully saturated rings. The van der Waals surface area contributed by atoms with Crippen molar-refractivity contribution in [1.82, 2.24) is 20.3 Å². The zero-order valence-electron chi connectivity index (χ0n) is 18.3. The van der Waals surface area contributed by atoms with Crippen LogP contribution in [-0.2, 0) is 27.2 Å². The van der Waals surface area contributed by atoms with Gasteiger partial charge in [0.15, 0.2) is 0 Å². The van der Waals surface area contributed by atoms with Gasteiger partial charge in [-0.15, -0.1) is 0 Å². The Morgan fingerprint density at radius 3 is 2.55 bits per heavy atom. The minimum absolute atomic E-state index is 0. The van der Waals surface area contributed by atoms with E-state index in [1.165, 1.54) is 7.11 Å². The van der Waals surface area contributed by atoms with Crippen LogP contribution in [0.25, 0.3) is 11.0 Å². The number of ether oxygens (including phenoxy) is 1. The standard InChI is InChI=1S/C21H23N5O6.Na/c1-32-15(27)9-8-14(20(30)31)24-18(28)12-5-2-11(3-6-12)4-7-13-10-23-17-16(13)19(29)26-21(22)25-17;/h2-3,5-6,10,14H,4,7-9H2,1H3,(H,24,28)(H,30,31)(H4,22,23,25,26,29);/t14-;/m0./s1. The van der Waals surface area contributed by atoms with Crippen molar-refractivity contribution in [1.29, 1.82) is 0 Å². The fraction of sp³-hybridized carbons (Fsp3) is 0.286. The summed E-state index contributed by atoms with van der Waals surface area (Å²) in [4.78, 5) is 56.6. The van der Waals surface area contributed by atoms with E-state index in [0.717, 1.165) is 11.1 Å². The number of H-pyrrole nitrogens is 2. The van der Waals surface area contributed by atoms with Crippen molar-refractivity contribution in [3.8, 4) is 0 Å². The molecule has 33 heavy (non-hydrogen) atoms. The molecule has 2 heterocycles. The molecule has 12 heteroatoms. The fourth-order valence-electron chi connectivity index (χ4n) is 3.28. The Hall–Kier alpha value is -3.15. The van der Waals surface area contributed by atoms with Crippen LogP contribution in [-0.4, -0.2) is 80.6 Å². The predicted octanol–water partition coefficient (Wildman–Crippen LogP) is 0.374. The molecule has 3 aromatic rings. The molecule has 0 aliphatic rings. The van der Waals surface area contributed by atoms with Crippen LogP contribution in [0.15, 0.2) is 35.3 Å². The molecule has 0 spiro atoms. The molecule has 1 atom stereocenters. The Morgan fingerprint density at radius 1 is 1.21 bits per heavy atom. The van der Waals surface area contributed by atoms with Gasteiger partial charge in [0.1, 0.15) is 11.7 Å². The molecular weight excluding hydrogens is 441 g/mol. The molecule has 3 rings (SSSR count). The van der Waals surface area contributed by atoms with Crippen molar-refractivity contribution in [3.05, 3.63) is 57.5 Å². The second kappa shape index (κ2) is 11.6. The average Bonchev–Trinajstić information content (AvgIpc) is 3.17. The minimum atomic E-state index is -1.23. The quantitative estimate of drug-likeness (QED) is 0.222. The molecule has 169 valence electrons. The normalized spacial score (nSPS) is 11.4. The molecule has 0 aliphatic carbocycles. The SMILES string of the molecule is COC(=O)CC[C@H](NC(=O)c1ccc(CCc2c[nH]c3nc(N)[nH]c(=O)c23)cc1)C(=O)O.[Na]. The van der Waals surface area contributed by atoms with Gasteiger partial charge in [0, 0.05) is 47.7 Å². The first-order chi connectivity index (χ1) is 15.3. The van der Waals surface area contributed by atoms with Crippen LogP contribution >= 0.6 is 0 Å². The smallest absolute Gasteiger partial charge is 0.326 e. The summed E-state index contributed by atoms with van der Waals surface area (Å²) in [6, 6.07) is 5.49. The van der Waals surface area contributed by atoms with Crippen molar-refractivity contribution in [2.75, 3.05) is 12.8 Å². The van der Waals surface area contributed by atoms with Gasteiger partial charge in [0.25, 0.3) is 11.5 Å². The first-order valence-electron chi connectivity index (χ1n) is 9.83. The number of rotatable bonds is 9. The first-order valence-corrected chi connectivity index (χ1v) is 9.83. The molecule has 1 radical (unpaired) electrons. The number of benzene rings is 1. The van der Waals surface area contributed by atoms with Crippen molar-refractivity contribution < 1.29 is 24.2 Å². The number of methoxy groups -OCH3 is 1. The molecule has 0 saturated heterocycles. The van der Waals surface area contributed by atoms with Gasteiger partial charge >= 0.3 is 11.9 Å². The number of hydrogen-bond acceptors (Lipinski definition) is 7. The van der Waals surface area contributed by atoms with Gasteiger partial charge in [-0.05, 0) is 42.5 Å². The van der Waals surface area contributed by atoms with Crippen LogP contribution in [0.5, 0.6) is 0 Å². The minimum Gasteiger partial charge on any atom is -0.480 e. The summed E-state index contributed by atoms with van der Waals surface area (Å²) in [5, 5.41) is 12.1. The summed E-state index contributed by atoms with van der Waals surface area (Å²) in [5.74, 6) is -2.30. The second-order valence-corrected chi connectivity index (χ2v) is 7.16. The molecule has 1 aromatic carbocycles. The van der Waals surface area contributed by atoms with Gasteiger partial charge in [0.2, 0.25) is 5.95 Å². The maximum Gasteiger partial charge on any atom is 0.326 e. The molecule has 1 amide bonds. The monoisotopic (exact) mass is 464 g/mol. The molecule has 2 aromatic heterocycles. The number of anilines is 1. The Labute approximate surface area is 210 Å². The van der Waals surface area contributed by atoms with E-state index in [9.17, 15) is 24.3 Å². The van der Waals surface area contributed by atoms with E-state index < -0.39 is 23.9 Å². The Bertz CT molecular complexity index is 1200. The fourth-order valence-corrected chi connectivity index (χ4v) is 3.28. The van der Waals surface area contributed by atoms with Gasteiger partial charge in [-0.2, -0.15) is 4.98 Å². The van der Waals surface area contributed by atoms with Gasteiger partial charge in [-0.3, -0.25) is 19.4 Å². The Morgan fingerprint density at radius 2 is 1.91 bits per heavy atom. The molecule has 0 unspecified atom stereocenters. The zero-order chi connectivity index (χ0) is 23.3. The Balaban J connectivity index is 0.00000385. The number of nitrogens with one attached hydrogen (secondary N) is 3. The number of fused-ring (bicyclic) bond motifs is 1. The number of nitrogen functional groups attached to an aromatic ring is 1. The summed E-state index contributed by atoms with van der Waals surface area (Å²) in [6.07, 6.45) is 2.69. The van der Waals surface area contributed by atoms with E-state index in [1.54, 1.807) is 30.5 Å². The number of nitrogens with two attached hydrogens (primary N) is 1. The molecule has 0 saturated carbocycles. The third kappa shape index (κ3) is 6.67. The number of esters is 1. The van der Waals surface area contributed by atoms with Gasteiger partial charge in [-0.25, -0.2) is 4.79 Å². The van der Waals surface area contributed by atoms with Crippen LogP contribution in [0.2, 0.25) is 0 Å². The van der Waals surface area contributed by atoms with Crippen LogP contribution in [0.3, 0.4) is 0 Å². The van der Waals surface area contributed by atoms with Crippen LogP contribution in [0.4, 0.5) is 5.95 Å². The number of aryl methyl sites for hydroxylation is 2. The maximum atomic E-state index is 12.4. The number of carbonyl (C=O) groups is 3. The number of carboxylic acid groups (broad SMARTS) is 1. The maximum absolute atomic E-state index is 12.4. The van der Waals surface area contributed by atoms with Gasteiger partial charge < -0.3 is 25.9 Å². The van der Waals surface area contributed by atoms with E-state index in [4.69, 9.17) is 5.73 Å². The van der Waals surface area contributed by atoms with Crippen molar-refractivity contribution in [2.24, 2.45) is 0 Å². The number of aromatic nitrogens is 3. The summed E-state index contributed by atoms with van der Waals surface area (Å²) < 4.78 is 4.49. The number of hydrogen-bond donors (Lipinski definition) is 5. The van der Waals surface area contributed by atoms with Gasteiger partial charge in [0.05, 0.1) is 12.5 Å². The summed E-state index contributed by atoms with van der Waals surface area (Å²) >= 11 is 0. The molecule has 0 aliphatic heterocycles. The average molecular weight is 464 g/mol. The number of aromatic amines is 2. The third-order valence-corrected chi connectivity index (χ3v) is 5.01. The Kier molecular flexibility index (Phi) is 9.21. The van der Waals surface area contributed by atoms with E-state index in [0.29, 0.717) is 29.4 Å². The predicted molar refractivity (Wildman–Crippen MR) is 121 cm³/mol. The van der Waals surface area contributed by atoms with E-state index in [2.05, 4.69) is 25.0 Å². The third-order valence-electron chi connectivity index (χ3n) is 5.01. The summed E-state index contributed by atoms with van der Waals surface area (Å²) in [5.41, 5.74) is 7.68. The van der Waals surface area contributed by atoms with Gasteiger partial charge in [-0.1, -0.05) is 12.1 Å². The van der Waals surface area contributed by atoms with E-state index >= 15 is 0 Å². The van der Waals surface area contributed by atoms with E-state index in [-0.39, 0.29) is 53.9 Å². The molecule has 6 N–H and O–H groups in total. The van der Waals surface area contributed by atoms with Crippen LogP contribution in [0, 0.1) is 0 Å². The second-order valence-electron chi connectivity index (χ2n) is 7.16. The number of carbonyl (C=O) groups excluding carboxylic acids is 2. The molecule has 0 bridgehead atoms. The summed E-state index contributed by atoms with van der Waals surface area (Å²) in [7, 11) is 1.21. The largest absolute Gasteiger partial charge is 0.480 e. The number of nitrogens with zero attached hydrogens (tertiary/aromatic N) is 1.